The molecule has 0 radical (unpaired) electrons. The van der Waals surface area contributed by atoms with Gasteiger partial charge in [0.15, 0.2) is 0 Å². The van der Waals surface area contributed by atoms with Gasteiger partial charge in [-0.25, -0.2) is 0 Å². The molecule has 0 aliphatic rings. The standard InChI is InChI=1S/C8H16O.CH3NO/c1-2-3-4-5-6-7-8-9;2-1-3/h8H,2-7H2,1H3;1H,(H2,2,3). The van der Waals surface area contributed by atoms with Gasteiger partial charge in [-0.1, -0.05) is 32.6 Å². The second-order valence-corrected chi connectivity index (χ2v) is 2.51. The van der Waals surface area contributed by atoms with E-state index in [1.54, 1.807) is 0 Å². The van der Waals surface area contributed by atoms with Gasteiger partial charge in [0, 0.05) is 6.42 Å². The number of carbonyl (C=O) groups excluding carboxylic acids is 2. The van der Waals surface area contributed by atoms with Gasteiger partial charge >= 0.3 is 0 Å². The SMILES string of the molecule is CCCCCCCC=O.NC=O. The van der Waals surface area contributed by atoms with Crippen molar-refractivity contribution in [1.29, 1.82) is 0 Å². The Morgan fingerprint density at radius 1 is 1.08 bits per heavy atom. The lowest BCUT2D eigenvalue weighted by molar-refractivity contribution is -0.108. The average molecular weight is 173 g/mol. The molecule has 3 heteroatoms. The van der Waals surface area contributed by atoms with Gasteiger partial charge in [0.1, 0.15) is 6.29 Å². The number of rotatable bonds is 6. The van der Waals surface area contributed by atoms with Crippen molar-refractivity contribution >= 4 is 12.7 Å². The van der Waals surface area contributed by atoms with Gasteiger partial charge in [0.2, 0.25) is 6.41 Å². The Morgan fingerprint density at radius 3 is 2.00 bits per heavy atom. The topological polar surface area (TPSA) is 60.2 Å². The zero-order chi connectivity index (χ0) is 9.66. The molecule has 0 fully saturated rings. The van der Waals surface area contributed by atoms with Crippen LogP contribution in [0.4, 0.5) is 0 Å². The van der Waals surface area contributed by atoms with E-state index in [9.17, 15) is 4.79 Å². The first-order valence-electron chi connectivity index (χ1n) is 4.42. The predicted octanol–water partition coefficient (Wildman–Crippen LogP) is 1.65. The fourth-order valence-corrected chi connectivity index (χ4v) is 0.831. The number of hydrogen-bond donors (Lipinski definition) is 1. The number of unbranched alkanes of at least 4 members (excludes halogenated alkanes) is 5. The van der Waals surface area contributed by atoms with Crippen molar-refractivity contribution in [1.82, 2.24) is 0 Å². The highest BCUT2D eigenvalue weighted by Crippen LogP contribution is 2.02. The van der Waals surface area contributed by atoms with Crippen molar-refractivity contribution in [3.63, 3.8) is 0 Å². The maximum absolute atomic E-state index is 9.84. The lowest BCUT2D eigenvalue weighted by Crippen LogP contribution is -1.82. The van der Waals surface area contributed by atoms with E-state index in [1.807, 2.05) is 0 Å². The van der Waals surface area contributed by atoms with Gasteiger partial charge < -0.3 is 10.5 Å². The number of carbonyl (C=O) groups is 2. The van der Waals surface area contributed by atoms with Crippen LogP contribution in [0.1, 0.15) is 45.4 Å². The molecule has 0 aromatic rings. The number of aldehydes is 1. The lowest BCUT2D eigenvalue weighted by atomic mass is 10.1. The van der Waals surface area contributed by atoms with Crippen LogP contribution in [0.2, 0.25) is 0 Å². The van der Waals surface area contributed by atoms with E-state index in [4.69, 9.17) is 4.79 Å². The Balaban J connectivity index is 0. The van der Waals surface area contributed by atoms with Crippen molar-refractivity contribution in [2.75, 3.05) is 0 Å². The smallest absolute Gasteiger partial charge is 0.204 e. The van der Waals surface area contributed by atoms with Gasteiger partial charge in [0.05, 0.1) is 0 Å². The normalized spacial score (nSPS) is 8.08. The number of primary amides is 1. The van der Waals surface area contributed by atoms with Crippen LogP contribution in [0.3, 0.4) is 0 Å². The highest BCUT2D eigenvalue weighted by atomic mass is 16.1. The highest BCUT2D eigenvalue weighted by Gasteiger charge is 1.85. The number of hydrogen-bond acceptors (Lipinski definition) is 2. The Kier molecular flexibility index (Phi) is 19.0. The summed E-state index contributed by atoms with van der Waals surface area (Å²) in [5, 5.41) is 0. The summed E-state index contributed by atoms with van der Waals surface area (Å²) in [6, 6.07) is 0. The summed E-state index contributed by atoms with van der Waals surface area (Å²) in [5.74, 6) is 0. The minimum atomic E-state index is 0.250. The molecular formula is C9H19NO2. The van der Waals surface area contributed by atoms with Crippen LogP contribution in [0.15, 0.2) is 0 Å². The summed E-state index contributed by atoms with van der Waals surface area (Å²) < 4.78 is 0. The van der Waals surface area contributed by atoms with E-state index in [-0.39, 0.29) is 6.41 Å². The van der Waals surface area contributed by atoms with Crippen molar-refractivity contribution in [3.8, 4) is 0 Å². The molecule has 12 heavy (non-hydrogen) atoms. The molecule has 0 rings (SSSR count). The summed E-state index contributed by atoms with van der Waals surface area (Å²) in [5.41, 5.74) is 4.17. The Morgan fingerprint density at radius 2 is 1.58 bits per heavy atom. The van der Waals surface area contributed by atoms with Crippen LogP contribution < -0.4 is 5.73 Å². The summed E-state index contributed by atoms with van der Waals surface area (Å²) in [6.07, 6.45) is 8.22. The van der Waals surface area contributed by atoms with Crippen molar-refractivity contribution < 1.29 is 9.59 Å². The van der Waals surface area contributed by atoms with Crippen LogP contribution in [0.25, 0.3) is 0 Å². The predicted molar refractivity (Wildman–Crippen MR) is 49.7 cm³/mol. The van der Waals surface area contributed by atoms with E-state index in [2.05, 4.69) is 12.7 Å². The van der Waals surface area contributed by atoms with E-state index >= 15 is 0 Å². The van der Waals surface area contributed by atoms with Gasteiger partial charge in [-0.15, -0.1) is 0 Å². The molecule has 0 saturated heterocycles. The van der Waals surface area contributed by atoms with Gasteiger partial charge in [-0.3, -0.25) is 4.79 Å². The highest BCUT2D eigenvalue weighted by molar-refractivity contribution is 5.48. The quantitative estimate of drug-likeness (QED) is 0.490. The third kappa shape index (κ3) is 22.9. The van der Waals surface area contributed by atoms with Crippen LogP contribution >= 0.6 is 0 Å². The maximum Gasteiger partial charge on any atom is 0.204 e. The largest absolute Gasteiger partial charge is 0.372 e. The Labute approximate surface area is 74.3 Å². The monoisotopic (exact) mass is 173 g/mol. The van der Waals surface area contributed by atoms with Crippen molar-refractivity contribution in [2.24, 2.45) is 5.73 Å². The van der Waals surface area contributed by atoms with Gasteiger partial charge in [-0.05, 0) is 6.42 Å². The molecule has 0 saturated carbocycles. The minimum absolute atomic E-state index is 0.250. The van der Waals surface area contributed by atoms with E-state index < -0.39 is 0 Å². The third-order valence-corrected chi connectivity index (χ3v) is 1.43. The third-order valence-electron chi connectivity index (χ3n) is 1.43. The zero-order valence-electron chi connectivity index (χ0n) is 7.79. The first-order chi connectivity index (χ1) is 5.83. The first kappa shape index (κ1) is 13.7. The molecular weight excluding hydrogens is 154 g/mol. The second-order valence-electron chi connectivity index (χ2n) is 2.51. The molecule has 0 spiro atoms. The molecule has 0 heterocycles. The van der Waals surface area contributed by atoms with Crippen LogP contribution in [0, 0.1) is 0 Å². The number of nitrogens with two attached hydrogens (primary N) is 1. The first-order valence-corrected chi connectivity index (χ1v) is 4.42. The fraction of sp³-hybridized carbons (Fsp3) is 0.778. The minimum Gasteiger partial charge on any atom is -0.372 e. The summed E-state index contributed by atoms with van der Waals surface area (Å²) >= 11 is 0. The zero-order valence-corrected chi connectivity index (χ0v) is 7.79. The molecule has 0 aromatic heterocycles. The number of amides is 1. The Hall–Kier alpha value is -0.860. The Bertz CT molecular complexity index is 94.5. The maximum atomic E-state index is 9.84. The summed E-state index contributed by atoms with van der Waals surface area (Å²) in [7, 11) is 0. The van der Waals surface area contributed by atoms with Crippen LogP contribution in [0.5, 0.6) is 0 Å². The van der Waals surface area contributed by atoms with Crippen LogP contribution in [-0.4, -0.2) is 12.7 Å². The summed E-state index contributed by atoms with van der Waals surface area (Å²) in [4.78, 5) is 18.4. The van der Waals surface area contributed by atoms with Crippen molar-refractivity contribution in [2.45, 2.75) is 45.4 Å². The van der Waals surface area contributed by atoms with Gasteiger partial charge in [0.25, 0.3) is 0 Å². The van der Waals surface area contributed by atoms with E-state index in [0.29, 0.717) is 0 Å². The average Bonchev–Trinajstić information content (AvgIpc) is 2.06. The van der Waals surface area contributed by atoms with Crippen LogP contribution in [-0.2, 0) is 9.59 Å². The van der Waals surface area contributed by atoms with Gasteiger partial charge in [-0.2, -0.15) is 0 Å². The molecule has 0 aliphatic carbocycles. The van der Waals surface area contributed by atoms with E-state index in [0.717, 1.165) is 19.1 Å². The molecule has 0 bridgehead atoms. The molecule has 0 atom stereocenters. The molecule has 72 valence electrons. The fourth-order valence-electron chi connectivity index (χ4n) is 0.831. The summed E-state index contributed by atoms with van der Waals surface area (Å²) in [6.45, 7) is 2.19. The molecule has 3 nitrogen and oxygen atoms in total. The van der Waals surface area contributed by atoms with Crippen molar-refractivity contribution in [3.05, 3.63) is 0 Å². The molecule has 0 aliphatic heterocycles. The molecule has 2 N–H and O–H groups in total. The molecule has 0 unspecified atom stereocenters. The van der Waals surface area contributed by atoms with E-state index in [1.165, 1.54) is 25.7 Å². The molecule has 0 aromatic carbocycles. The second kappa shape index (κ2) is 16.6. The molecule has 1 amide bonds. The lowest BCUT2D eigenvalue weighted by Gasteiger charge is -1.93.